The number of anilines is 1. The monoisotopic (exact) mass is 519 g/mol. The Kier molecular flexibility index (Phi) is 10.8. The minimum Gasteiger partial charge on any atom is -0.385 e. The number of nitrogens with one attached hydrogen (secondary N) is 1. The largest absolute Gasteiger partial charge is 0.385 e. The van der Waals surface area contributed by atoms with E-state index in [-0.39, 0.29) is 17.1 Å². The highest BCUT2D eigenvalue weighted by molar-refractivity contribution is 6.02. The maximum Gasteiger partial charge on any atom is 0.262 e. The van der Waals surface area contributed by atoms with Gasteiger partial charge in [-0.2, -0.15) is 5.26 Å². The molecule has 3 rings (SSSR count). The van der Waals surface area contributed by atoms with Gasteiger partial charge in [-0.05, 0) is 99.4 Å². The molecule has 0 radical (unpaired) electrons. The van der Waals surface area contributed by atoms with E-state index >= 15 is 0 Å². The first-order valence-electron chi connectivity index (χ1n) is 14.1. The van der Waals surface area contributed by atoms with E-state index in [1.807, 2.05) is 26.0 Å². The van der Waals surface area contributed by atoms with Gasteiger partial charge in [0.15, 0.2) is 0 Å². The highest BCUT2D eigenvalue weighted by Gasteiger charge is 2.28. The van der Waals surface area contributed by atoms with Crippen LogP contribution in [0.5, 0.6) is 0 Å². The topological polar surface area (TPSA) is 74.6 Å². The molecule has 6 nitrogen and oxygen atoms in total. The first kappa shape index (κ1) is 29.7. The van der Waals surface area contributed by atoms with Gasteiger partial charge in [0, 0.05) is 44.6 Å². The van der Waals surface area contributed by atoms with Crippen molar-refractivity contribution in [3.8, 4) is 6.07 Å². The lowest BCUT2D eigenvalue weighted by molar-refractivity contribution is -0.119. The van der Waals surface area contributed by atoms with Crippen LogP contribution in [0.25, 0.3) is 16.8 Å². The zero-order valence-corrected chi connectivity index (χ0v) is 23.9. The number of hydrogen-bond acceptors (Lipinski definition) is 5. The van der Waals surface area contributed by atoms with E-state index in [4.69, 9.17) is 9.47 Å². The van der Waals surface area contributed by atoms with Crippen LogP contribution in [0.2, 0.25) is 0 Å². The molecule has 1 heterocycles. The standard InChI is InChI=1S/C32H45N3O3/c1-6-31(3,15-20-38-32(4,7-2)16-19-37-5)34-30(36)28(24-33)22-25-11-12-27-23-29(14-13-26(27)21-25)35-17-9-8-10-18-35/h11-14,21-23H,6-10,15-20H2,1-5H3,(H,34,36). The van der Waals surface area contributed by atoms with Crippen LogP contribution < -0.4 is 10.2 Å². The molecule has 2 unspecified atom stereocenters. The fourth-order valence-corrected chi connectivity index (χ4v) is 4.87. The van der Waals surface area contributed by atoms with E-state index in [0.717, 1.165) is 48.7 Å². The number of methoxy groups -OCH3 is 1. The SMILES string of the molecule is CCC(C)(CCOC(C)(CC)CCOC)NC(=O)C(C#N)=Cc1ccc2cc(N3CCCCC3)ccc2c1. The van der Waals surface area contributed by atoms with Gasteiger partial charge < -0.3 is 19.7 Å². The highest BCUT2D eigenvalue weighted by Crippen LogP contribution is 2.27. The van der Waals surface area contributed by atoms with Gasteiger partial charge in [-0.3, -0.25) is 4.79 Å². The van der Waals surface area contributed by atoms with E-state index in [1.165, 1.54) is 24.9 Å². The fourth-order valence-electron chi connectivity index (χ4n) is 4.87. The number of carbonyl (C=O) groups excluding carboxylic acids is 1. The lowest BCUT2D eigenvalue weighted by atomic mass is 9.93. The predicted molar refractivity (Wildman–Crippen MR) is 156 cm³/mol. The molecule has 1 amide bonds. The number of amides is 1. The van der Waals surface area contributed by atoms with Crippen LogP contribution >= 0.6 is 0 Å². The summed E-state index contributed by atoms with van der Waals surface area (Å²) in [6.45, 7) is 11.7. The quantitative estimate of drug-likeness (QED) is 0.237. The van der Waals surface area contributed by atoms with Crippen LogP contribution in [0.1, 0.15) is 78.2 Å². The average molecular weight is 520 g/mol. The molecule has 1 fully saturated rings. The zero-order valence-electron chi connectivity index (χ0n) is 23.9. The summed E-state index contributed by atoms with van der Waals surface area (Å²) < 4.78 is 11.4. The van der Waals surface area contributed by atoms with Crippen molar-refractivity contribution < 1.29 is 14.3 Å². The molecule has 0 bridgehead atoms. The van der Waals surface area contributed by atoms with Crippen LogP contribution in [-0.2, 0) is 14.3 Å². The molecule has 38 heavy (non-hydrogen) atoms. The average Bonchev–Trinajstić information content (AvgIpc) is 2.94. The Labute approximate surface area is 229 Å². The van der Waals surface area contributed by atoms with Crippen molar-refractivity contribution in [1.82, 2.24) is 5.32 Å². The molecule has 2 atom stereocenters. The third kappa shape index (κ3) is 8.06. The van der Waals surface area contributed by atoms with Crippen molar-refractivity contribution in [2.45, 2.75) is 83.8 Å². The molecular weight excluding hydrogens is 474 g/mol. The number of nitrogens with zero attached hydrogens (tertiary/aromatic N) is 2. The summed E-state index contributed by atoms with van der Waals surface area (Å²) in [4.78, 5) is 15.6. The van der Waals surface area contributed by atoms with Gasteiger partial charge in [0.05, 0.1) is 5.60 Å². The van der Waals surface area contributed by atoms with Crippen LogP contribution in [0.3, 0.4) is 0 Å². The van der Waals surface area contributed by atoms with Gasteiger partial charge in [-0.15, -0.1) is 0 Å². The van der Waals surface area contributed by atoms with Gasteiger partial charge in [0.25, 0.3) is 5.91 Å². The molecule has 0 spiro atoms. The van der Waals surface area contributed by atoms with Crippen molar-refractivity contribution in [1.29, 1.82) is 5.26 Å². The molecule has 1 aliphatic rings. The van der Waals surface area contributed by atoms with Crippen molar-refractivity contribution in [2.75, 3.05) is 38.3 Å². The maximum absolute atomic E-state index is 13.1. The first-order valence-corrected chi connectivity index (χ1v) is 14.1. The van der Waals surface area contributed by atoms with E-state index in [2.05, 4.69) is 54.4 Å². The Morgan fingerprint density at radius 3 is 2.39 bits per heavy atom. The number of carbonyl (C=O) groups is 1. The minimum absolute atomic E-state index is 0.105. The van der Waals surface area contributed by atoms with Crippen LogP contribution in [-0.4, -0.2) is 50.5 Å². The lowest BCUT2D eigenvalue weighted by Gasteiger charge is -2.33. The number of ether oxygens (including phenoxy) is 2. The Hall–Kier alpha value is -2.88. The minimum atomic E-state index is -0.475. The Balaban J connectivity index is 1.67. The molecule has 0 saturated carbocycles. The molecule has 1 N–H and O–H groups in total. The smallest absolute Gasteiger partial charge is 0.262 e. The van der Waals surface area contributed by atoms with Crippen LogP contribution in [0.15, 0.2) is 42.0 Å². The summed E-state index contributed by atoms with van der Waals surface area (Å²) in [5.41, 5.74) is 1.48. The second kappa shape index (κ2) is 13.8. The number of piperidine rings is 1. The molecule has 1 aliphatic heterocycles. The molecular formula is C32H45N3O3. The molecule has 2 aromatic rings. The van der Waals surface area contributed by atoms with Gasteiger partial charge in [0.1, 0.15) is 11.6 Å². The van der Waals surface area contributed by atoms with E-state index < -0.39 is 5.54 Å². The van der Waals surface area contributed by atoms with Crippen molar-refractivity contribution >= 4 is 28.4 Å². The Bertz CT molecular complexity index is 1150. The second-order valence-corrected chi connectivity index (χ2v) is 11.0. The molecule has 0 aromatic heterocycles. The lowest BCUT2D eigenvalue weighted by Crippen LogP contribution is -2.47. The van der Waals surface area contributed by atoms with E-state index in [1.54, 1.807) is 13.2 Å². The maximum atomic E-state index is 13.1. The second-order valence-electron chi connectivity index (χ2n) is 11.0. The normalized spacial score (nSPS) is 17.5. The number of benzene rings is 2. The predicted octanol–water partition coefficient (Wildman–Crippen LogP) is 6.63. The summed E-state index contributed by atoms with van der Waals surface area (Å²) in [5, 5.41) is 15.2. The van der Waals surface area contributed by atoms with Gasteiger partial charge >= 0.3 is 0 Å². The van der Waals surface area contributed by atoms with Crippen LogP contribution in [0.4, 0.5) is 5.69 Å². The highest BCUT2D eigenvalue weighted by atomic mass is 16.5. The Morgan fingerprint density at radius 2 is 1.74 bits per heavy atom. The van der Waals surface area contributed by atoms with Crippen molar-refractivity contribution in [3.63, 3.8) is 0 Å². The Morgan fingerprint density at radius 1 is 1.03 bits per heavy atom. The van der Waals surface area contributed by atoms with Gasteiger partial charge in [0.2, 0.25) is 0 Å². The van der Waals surface area contributed by atoms with Crippen molar-refractivity contribution in [2.24, 2.45) is 0 Å². The summed E-state index contributed by atoms with van der Waals surface area (Å²) in [6.07, 6.45) is 8.59. The number of nitriles is 1. The third-order valence-electron chi connectivity index (χ3n) is 8.13. The van der Waals surface area contributed by atoms with E-state index in [0.29, 0.717) is 19.6 Å². The molecule has 1 saturated heterocycles. The number of hydrogen-bond donors (Lipinski definition) is 1. The molecule has 206 valence electrons. The van der Waals surface area contributed by atoms with E-state index in [9.17, 15) is 10.1 Å². The van der Waals surface area contributed by atoms with Crippen molar-refractivity contribution in [3.05, 3.63) is 47.5 Å². The first-order chi connectivity index (χ1) is 18.2. The fraction of sp³-hybridized carbons (Fsp3) is 0.562. The number of rotatable bonds is 13. The summed E-state index contributed by atoms with van der Waals surface area (Å²) in [5.74, 6) is -0.352. The van der Waals surface area contributed by atoms with Gasteiger partial charge in [-0.25, -0.2) is 0 Å². The molecule has 2 aromatic carbocycles. The summed E-state index contributed by atoms with van der Waals surface area (Å²) >= 11 is 0. The third-order valence-corrected chi connectivity index (χ3v) is 8.13. The molecule has 0 aliphatic carbocycles. The van der Waals surface area contributed by atoms with Gasteiger partial charge in [-0.1, -0.05) is 32.0 Å². The summed E-state index contributed by atoms with van der Waals surface area (Å²) in [7, 11) is 1.70. The number of fused-ring (bicyclic) bond motifs is 1. The molecule has 6 heteroatoms. The van der Waals surface area contributed by atoms with Crippen LogP contribution in [0, 0.1) is 11.3 Å². The summed E-state index contributed by atoms with van der Waals surface area (Å²) in [6, 6.07) is 14.7. The zero-order chi connectivity index (χ0) is 27.6.